The Balaban J connectivity index is 2.11. The van der Waals surface area contributed by atoms with E-state index in [9.17, 15) is 14.4 Å². The highest BCUT2D eigenvalue weighted by Gasteiger charge is 2.40. The summed E-state index contributed by atoms with van der Waals surface area (Å²) in [5.41, 5.74) is 5.74. The van der Waals surface area contributed by atoms with Crippen LogP contribution in [0.4, 0.5) is 5.69 Å². The Labute approximate surface area is 140 Å². The predicted octanol–water partition coefficient (Wildman–Crippen LogP) is 1.77. The normalized spacial score (nSPS) is 19.6. The number of carbonyl (C=O) groups is 3. The SMILES string of the molecule is NC(CSC1CC(=O)N(c2ccc(Cl)c(Cl)c2)C1=O)C(=O)O. The molecule has 0 radical (unpaired) electrons. The fourth-order valence-electron chi connectivity index (χ4n) is 1.92. The van der Waals surface area contributed by atoms with E-state index < -0.39 is 23.2 Å². The first kappa shape index (κ1) is 17.1. The number of thioether (sulfide) groups is 1. The van der Waals surface area contributed by atoms with Gasteiger partial charge >= 0.3 is 5.97 Å². The number of carbonyl (C=O) groups excluding carboxylic acids is 2. The molecule has 0 aliphatic carbocycles. The summed E-state index contributed by atoms with van der Waals surface area (Å²) in [5, 5.41) is 8.65. The molecule has 1 heterocycles. The van der Waals surface area contributed by atoms with Crippen LogP contribution in [0.2, 0.25) is 10.0 Å². The molecule has 118 valence electrons. The van der Waals surface area contributed by atoms with Crippen molar-refractivity contribution in [1.29, 1.82) is 0 Å². The second-order valence-corrected chi connectivity index (χ2v) is 6.69. The van der Waals surface area contributed by atoms with Crippen molar-refractivity contribution >= 4 is 58.4 Å². The molecule has 1 aliphatic heterocycles. The summed E-state index contributed by atoms with van der Waals surface area (Å²) in [6.45, 7) is 0. The number of anilines is 1. The molecule has 2 unspecified atom stereocenters. The Hall–Kier alpha value is -1.28. The minimum absolute atomic E-state index is 0.00388. The Morgan fingerprint density at radius 2 is 2.09 bits per heavy atom. The lowest BCUT2D eigenvalue weighted by molar-refractivity contribution is -0.138. The molecule has 3 N–H and O–H groups in total. The maximum atomic E-state index is 12.3. The minimum Gasteiger partial charge on any atom is -0.480 e. The summed E-state index contributed by atoms with van der Waals surface area (Å²) in [5.74, 6) is -1.88. The molecular formula is C13H12Cl2N2O4S. The quantitative estimate of drug-likeness (QED) is 0.774. The van der Waals surface area contributed by atoms with Crippen LogP contribution in [-0.2, 0) is 14.4 Å². The van der Waals surface area contributed by atoms with Crippen LogP contribution in [0.15, 0.2) is 18.2 Å². The van der Waals surface area contributed by atoms with Gasteiger partial charge < -0.3 is 10.8 Å². The molecule has 9 heteroatoms. The van der Waals surface area contributed by atoms with E-state index in [4.69, 9.17) is 34.0 Å². The van der Waals surface area contributed by atoms with E-state index >= 15 is 0 Å². The van der Waals surface area contributed by atoms with Crippen molar-refractivity contribution in [3.8, 4) is 0 Å². The van der Waals surface area contributed by atoms with E-state index in [1.165, 1.54) is 18.2 Å². The molecule has 0 aromatic heterocycles. The molecule has 2 amide bonds. The van der Waals surface area contributed by atoms with Gasteiger partial charge in [-0.05, 0) is 18.2 Å². The van der Waals surface area contributed by atoms with E-state index in [1.54, 1.807) is 0 Å². The highest BCUT2D eigenvalue weighted by Crippen LogP contribution is 2.33. The van der Waals surface area contributed by atoms with Crippen LogP contribution >= 0.6 is 35.0 Å². The van der Waals surface area contributed by atoms with Crippen molar-refractivity contribution in [1.82, 2.24) is 0 Å². The third kappa shape index (κ3) is 3.55. The zero-order chi connectivity index (χ0) is 16.4. The van der Waals surface area contributed by atoms with Gasteiger partial charge in [0.2, 0.25) is 11.8 Å². The predicted molar refractivity (Wildman–Crippen MR) is 85.4 cm³/mol. The second-order valence-electron chi connectivity index (χ2n) is 4.64. The number of benzene rings is 1. The van der Waals surface area contributed by atoms with Crippen LogP contribution in [-0.4, -0.2) is 39.9 Å². The van der Waals surface area contributed by atoms with Gasteiger partial charge in [-0.2, -0.15) is 0 Å². The molecule has 22 heavy (non-hydrogen) atoms. The van der Waals surface area contributed by atoms with E-state index in [0.29, 0.717) is 10.7 Å². The smallest absolute Gasteiger partial charge is 0.321 e. The van der Waals surface area contributed by atoms with Gasteiger partial charge in [0.25, 0.3) is 0 Å². The summed E-state index contributed by atoms with van der Waals surface area (Å²) in [6, 6.07) is 3.39. The van der Waals surface area contributed by atoms with Crippen LogP contribution in [0.3, 0.4) is 0 Å². The molecular weight excluding hydrogens is 351 g/mol. The van der Waals surface area contributed by atoms with Crippen LogP contribution in [0.5, 0.6) is 0 Å². The van der Waals surface area contributed by atoms with E-state index in [-0.39, 0.29) is 23.1 Å². The van der Waals surface area contributed by atoms with Gasteiger partial charge in [0.05, 0.1) is 21.0 Å². The first-order valence-corrected chi connectivity index (χ1v) is 8.03. The Bertz CT molecular complexity index is 640. The fourth-order valence-corrected chi connectivity index (χ4v) is 3.30. The molecule has 2 atom stereocenters. The Kier molecular flexibility index (Phi) is 5.33. The van der Waals surface area contributed by atoms with Crippen LogP contribution in [0.25, 0.3) is 0 Å². The largest absolute Gasteiger partial charge is 0.480 e. The van der Waals surface area contributed by atoms with Crippen molar-refractivity contribution < 1.29 is 19.5 Å². The van der Waals surface area contributed by atoms with Crippen molar-refractivity contribution in [2.24, 2.45) is 5.73 Å². The van der Waals surface area contributed by atoms with Crippen LogP contribution in [0.1, 0.15) is 6.42 Å². The first-order valence-electron chi connectivity index (χ1n) is 6.23. The van der Waals surface area contributed by atoms with Gasteiger partial charge in [-0.25, -0.2) is 4.90 Å². The molecule has 0 saturated carbocycles. The van der Waals surface area contributed by atoms with Crippen LogP contribution < -0.4 is 10.6 Å². The lowest BCUT2D eigenvalue weighted by atomic mass is 10.3. The van der Waals surface area contributed by atoms with Gasteiger partial charge in [-0.1, -0.05) is 23.2 Å². The number of nitrogens with zero attached hydrogens (tertiary/aromatic N) is 1. The van der Waals surface area contributed by atoms with Crippen molar-refractivity contribution in [3.05, 3.63) is 28.2 Å². The molecule has 1 aliphatic rings. The van der Waals surface area contributed by atoms with Gasteiger partial charge in [0.15, 0.2) is 0 Å². The zero-order valence-corrected chi connectivity index (χ0v) is 13.5. The number of aliphatic carboxylic acids is 1. The van der Waals surface area contributed by atoms with E-state index in [2.05, 4.69) is 0 Å². The highest BCUT2D eigenvalue weighted by atomic mass is 35.5. The monoisotopic (exact) mass is 362 g/mol. The number of nitrogens with two attached hydrogens (primary N) is 1. The maximum Gasteiger partial charge on any atom is 0.321 e. The Morgan fingerprint density at radius 3 is 2.68 bits per heavy atom. The minimum atomic E-state index is -1.15. The summed E-state index contributed by atoms with van der Waals surface area (Å²) < 4.78 is 0. The summed E-state index contributed by atoms with van der Waals surface area (Å²) in [4.78, 5) is 36.1. The summed E-state index contributed by atoms with van der Waals surface area (Å²) >= 11 is 12.8. The zero-order valence-electron chi connectivity index (χ0n) is 11.2. The number of carboxylic acids is 1. The molecule has 1 aromatic carbocycles. The van der Waals surface area contributed by atoms with E-state index in [0.717, 1.165) is 16.7 Å². The molecule has 1 aromatic rings. The van der Waals surface area contributed by atoms with Gasteiger partial charge in [-0.15, -0.1) is 11.8 Å². The average molecular weight is 363 g/mol. The third-order valence-electron chi connectivity index (χ3n) is 3.06. The number of amides is 2. The number of rotatable bonds is 5. The number of imide groups is 1. The highest BCUT2D eigenvalue weighted by molar-refractivity contribution is 8.00. The van der Waals surface area contributed by atoms with Crippen molar-refractivity contribution in [3.63, 3.8) is 0 Å². The van der Waals surface area contributed by atoms with Gasteiger partial charge in [0.1, 0.15) is 6.04 Å². The second kappa shape index (κ2) is 6.87. The molecule has 1 saturated heterocycles. The maximum absolute atomic E-state index is 12.3. The van der Waals surface area contributed by atoms with Crippen molar-refractivity contribution in [2.75, 3.05) is 10.7 Å². The van der Waals surface area contributed by atoms with Gasteiger partial charge in [-0.3, -0.25) is 14.4 Å². The van der Waals surface area contributed by atoms with E-state index in [1.807, 2.05) is 0 Å². The van der Waals surface area contributed by atoms with Crippen molar-refractivity contribution in [2.45, 2.75) is 17.7 Å². The third-order valence-corrected chi connectivity index (χ3v) is 5.12. The topological polar surface area (TPSA) is 101 Å². The lowest BCUT2D eigenvalue weighted by Crippen LogP contribution is -2.35. The Morgan fingerprint density at radius 1 is 1.41 bits per heavy atom. The first-order chi connectivity index (χ1) is 10.3. The molecule has 0 bridgehead atoms. The summed E-state index contributed by atoms with van der Waals surface area (Å²) in [6.07, 6.45) is -0.00388. The number of halogens is 2. The van der Waals surface area contributed by atoms with Gasteiger partial charge in [0, 0.05) is 12.2 Å². The molecule has 0 spiro atoms. The average Bonchev–Trinajstić information content (AvgIpc) is 2.74. The fraction of sp³-hybridized carbons (Fsp3) is 0.308. The summed E-state index contributed by atoms with van der Waals surface area (Å²) in [7, 11) is 0. The van der Waals surface area contributed by atoms with Crippen LogP contribution in [0, 0.1) is 0 Å². The molecule has 1 fully saturated rings. The number of hydrogen-bond donors (Lipinski definition) is 2. The lowest BCUT2D eigenvalue weighted by Gasteiger charge is -2.16. The standard InChI is InChI=1S/C13H12Cl2N2O4S/c14-7-2-1-6(3-8(7)15)17-11(18)4-10(12(17)19)22-5-9(16)13(20)21/h1-3,9-10H,4-5,16H2,(H,20,21). The number of hydrogen-bond acceptors (Lipinski definition) is 5. The molecule has 6 nitrogen and oxygen atoms in total. The number of carboxylic acid groups (broad SMARTS) is 1. The molecule has 2 rings (SSSR count).